The fourth-order valence-electron chi connectivity index (χ4n) is 3.10. The Labute approximate surface area is 220 Å². The molecule has 232 valence electrons. The summed E-state index contributed by atoms with van der Waals surface area (Å²) in [5.41, 5.74) is 0. The van der Waals surface area contributed by atoms with Crippen LogP contribution in [0.4, 0.5) is 0 Å². The first-order valence-electron chi connectivity index (χ1n) is 10.4. The third kappa shape index (κ3) is 13.7. The molecule has 2 aliphatic rings. The number of rotatable bonds is 15. The quantitative estimate of drug-likeness (QED) is 0.111. The summed E-state index contributed by atoms with van der Waals surface area (Å²) in [7, 11) is -35.9. The highest BCUT2D eigenvalue weighted by Crippen LogP contribution is 2.75. The van der Waals surface area contributed by atoms with Gasteiger partial charge in [0.25, 0.3) is 0 Å². The van der Waals surface area contributed by atoms with Crippen LogP contribution in [0.25, 0.3) is 0 Å². The summed E-state index contributed by atoms with van der Waals surface area (Å²) in [6.45, 7) is 1.42. The zero-order valence-electron chi connectivity index (χ0n) is 19.6. The van der Waals surface area contributed by atoms with E-state index in [1.807, 2.05) is 0 Å². The first kappa shape index (κ1) is 35.9. The predicted molar refractivity (Wildman–Crippen MR) is 122 cm³/mol. The van der Waals surface area contributed by atoms with Crippen molar-refractivity contribution in [2.24, 2.45) is 0 Å². The van der Waals surface area contributed by atoms with Gasteiger partial charge in [0.2, 0.25) is 0 Å². The van der Waals surface area contributed by atoms with Gasteiger partial charge in [-0.25, -0.2) is 27.4 Å². The van der Waals surface area contributed by atoms with Crippen LogP contribution < -0.4 is 5.32 Å². The minimum atomic E-state index is -6.33. The summed E-state index contributed by atoms with van der Waals surface area (Å²) in [6.07, 6.45) is -3.17. The molecule has 7 unspecified atom stereocenters. The maximum atomic E-state index is 11.9. The van der Waals surface area contributed by atoms with E-state index in [2.05, 4.69) is 35.9 Å². The zero-order valence-corrected chi connectivity index (χ0v) is 24.9. The van der Waals surface area contributed by atoms with Crippen LogP contribution in [0.1, 0.15) is 26.2 Å². The molecule has 0 spiro atoms. The highest BCUT2D eigenvalue weighted by molar-refractivity contribution is 7.72. The minimum Gasteiger partial charge on any atom is -0.390 e. The molecule has 0 aromatic carbocycles. The van der Waals surface area contributed by atoms with E-state index in [1.165, 1.54) is 0 Å². The number of aliphatic hydroxyl groups excluding tert-OH is 1. The molecule has 28 heteroatoms. The fraction of sp³-hybridized carbons (Fsp3) is 1.00. The summed E-state index contributed by atoms with van der Waals surface area (Å²) >= 11 is 0. The predicted octanol–water partition coefficient (Wildman–Crippen LogP) is 0.995. The van der Waals surface area contributed by atoms with Crippen molar-refractivity contribution < 1.29 is 97.2 Å². The first-order valence-corrected chi connectivity index (χ1v) is 19.4. The Morgan fingerprint density at radius 2 is 1.13 bits per heavy atom. The summed E-state index contributed by atoms with van der Waals surface area (Å²) in [6, 6.07) is 0. The summed E-state index contributed by atoms with van der Waals surface area (Å²) < 4.78 is 104. The summed E-state index contributed by atoms with van der Waals surface area (Å²) in [4.78, 5) is 57.1. The lowest BCUT2D eigenvalue weighted by atomic mass is 10.1. The lowest BCUT2D eigenvalue weighted by Crippen LogP contribution is -2.32. The molecule has 0 radical (unpaired) electrons. The van der Waals surface area contributed by atoms with Crippen LogP contribution in [-0.2, 0) is 62.7 Å². The van der Waals surface area contributed by atoms with Crippen LogP contribution in [0.15, 0.2) is 0 Å². The van der Waals surface area contributed by atoms with Gasteiger partial charge in [-0.15, -0.1) is 0 Å². The molecular formula is C11H27NO21P6. The normalized spacial score (nSPS) is 32.2. The molecule has 0 bridgehead atoms. The molecule has 2 heterocycles. The number of ether oxygens (including phenoxy) is 1. The van der Waals surface area contributed by atoms with Gasteiger partial charge in [0.1, 0.15) is 6.10 Å². The van der Waals surface area contributed by atoms with Crippen molar-refractivity contribution in [2.45, 2.75) is 50.6 Å². The molecule has 0 saturated carbocycles. The molecule has 0 aliphatic carbocycles. The van der Waals surface area contributed by atoms with E-state index in [0.29, 0.717) is 13.1 Å². The average Bonchev–Trinajstić information content (AvgIpc) is 2.99. The van der Waals surface area contributed by atoms with Gasteiger partial charge >= 0.3 is 46.9 Å². The van der Waals surface area contributed by atoms with Crippen molar-refractivity contribution in [3.63, 3.8) is 0 Å². The number of aliphatic hydroxyl groups is 1. The van der Waals surface area contributed by atoms with Crippen LogP contribution in [0.2, 0.25) is 0 Å². The Hall–Kier alpha value is 0.740. The second-order valence-electron chi connectivity index (χ2n) is 7.86. The van der Waals surface area contributed by atoms with Gasteiger partial charge in [-0.2, -0.15) is 21.6 Å². The molecule has 2 fully saturated rings. The monoisotopic (exact) mass is 695 g/mol. The Morgan fingerprint density at radius 1 is 0.718 bits per heavy atom. The Morgan fingerprint density at radius 3 is 1.54 bits per heavy atom. The second-order valence-corrected chi connectivity index (χ2v) is 17.2. The Bertz CT molecular complexity index is 1140. The van der Waals surface area contributed by atoms with Crippen molar-refractivity contribution in [3.8, 4) is 0 Å². The topological polar surface area (TPSA) is 330 Å². The number of phosphoric acid groups is 6. The van der Waals surface area contributed by atoms with Gasteiger partial charge in [0.05, 0.1) is 24.9 Å². The molecule has 22 nitrogen and oxygen atoms in total. The van der Waals surface area contributed by atoms with Gasteiger partial charge in [0, 0.05) is 6.42 Å². The SMILES string of the molecule is C[C@H]1CC(O)[C@@H](COP(=O)(O)OP(=O)(O)OP(=O)(O)OP(=O)(O)OP(=O)(O)OP(=O)(O)OC2CCNCC2)O1. The van der Waals surface area contributed by atoms with E-state index in [9.17, 15) is 61.9 Å². The highest BCUT2D eigenvalue weighted by atomic mass is 31.3. The minimum absolute atomic E-state index is 0.132. The second kappa shape index (κ2) is 13.6. The van der Waals surface area contributed by atoms with Crippen molar-refractivity contribution >= 4 is 46.9 Å². The van der Waals surface area contributed by atoms with Crippen LogP contribution in [-0.4, -0.2) is 78.6 Å². The molecule has 0 aromatic rings. The van der Waals surface area contributed by atoms with Gasteiger partial charge in [-0.1, -0.05) is 0 Å². The molecule has 0 amide bonds. The van der Waals surface area contributed by atoms with E-state index >= 15 is 0 Å². The average molecular weight is 695 g/mol. The van der Waals surface area contributed by atoms with Crippen molar-refractivity contribution in [2.75, 3.05) is 19.7 Å². The van der Waals surface area contributed by atoms with Crippen molar-refractivity contribution in [1.82, 2.24) is 5.32 Å². The Balaban J connectivity index is 1.94. The lowest BCUT2D eigenvalue weighted by molar-refractivity contribution is -0.0167. The van der Waals surface area contributed by atoms with Gasteiger partial charge in [-0.05, 0) is 32.9 Å². The molecule has 8 N–H and O–H groups in total. The molecule has 2 rings (SSSR count). The third-order valence-corrected chi connectivity index (χ3v) is 13.7. The smallest absolute Gasteiger partial charge is 0.390 e. The fourth-order valence-corrected chi connectivity index (χ4v) is 11.1. The van der Waals surface area contributed by atoms with Crippen LogP contribution >= 0.6 is 46.9 Å². The molecule has 0 aromatic heterocycles. The maximum absolute atomic E-state index is 11.9. The maximum Gasteiger partial charge on any atom is 0.490 e. The van der Waals surface area contributed by atoms with Crippen LogP contribution in [0, 0.1) is 0 Å². The van der Waals surface area contributed by atoms with Crippen molar-refractivity contribution in [1.29, 1.82) is 0 Å². The van der Waals surface area contributed by atoms with Gasteiger partial charge < -0.3 is 44.5 Å². The molecule has 39 heavy (non-hydrogen) atoms. The molecule has 2 saturated heterocycles. The third-order valence-electron chi connectivity index (χ3n) is 4.41. The Kier molecular flexibility index (Phi) is 12.5. The van der Waals surface area contributed by atoms with Gasteiger partial charge in [-0.3, -0.25) is 9.05 Å². The molecule has 2 aliphatic heterocycles. The van der Waals surface area contributed by atoms with E-state index in [4.69, 9.17) is 4.74 Å². The van der Waals surface area contributed by atoms with Crippen LogP contribution in [0.5, 0.6) is 0 Å². The van der Waals surface area contributed by atoms with E-state index in [0.717, 1.165) is 0 Å². The number of piperidine rings is 1. The largest absolute Gasteiger partial charge is 0.490 e. The number of nitrogens with one attached hydrogen (secondary N) is 1. The highest BCUT2D eigenvalue weighted by Gasteiger charge is 2.50. The van der Waals surface area contributed by atoms with E-state index < -0.39 is 78.0 Å². The molecule has 9 atom stereocenters. The standard InChI is InChI=1S/C11H27NO21P6/c1-8-6-10(13)11(27-8)7-26-34(14,15)29-36(18,19)31-38(22,23)33-39(24,25)32-37(20,21)30-35(16,17)28-9-2-4-12-5-3-9/h8-13H,2-7H2,1H3,(H,14,15)(H,16,17)(H,18,19)(H,20,21)(H,22,23)(H,24,25)/t8-,10?,11+/m0/s1. The van der Waals surface area contributed by atoms with E-state index in [-0.39, 0.29) is 19.3 Å². The number of phosphoric ester groups is 2. The summed E-state index contributed by atoms with van der Waals surface area (Å²) in [5, 5.41) is 12.6. The number of hydrogen-bond donors (Lipinski definition) is 8. The van der Waals surface area contributed by atoms with Crippen LogP contribution in [0.3, 0.4) is 0 Å². The lowest BCUT2D eigenvalue weighted by Gasteiger charge is -2.25. The number of hydrogen-bond acceptors (Lipinski definition) is 16. The van der Waals surface area contributed by atoms with Crippen molar-refractivity contribution in [3.05, 3.63) is 0 Å². The summed E-state index contributed by atoms with van der Waals surface area (Å²) in [5.74, 6) is 0. The van der Waals surface area contributed by atoms with E-state index in [1.54, 1.807) is 6.92 Å². The van der Waals surface area contributed by atoms with Gasteiger partial charge in [0.15, 0.2) is 0 Å². The first-order chi connectivity index (χ1) is 17.5. The zero-order chi connectivity index (χ0) is 29.9. The molecular weight excluding hydrogens is 668 g/mol.